The van der Waals surface area contributed by atoms with E-state index in [1.165, 1.54) is 42.4 Å². The van der Waals surface area contributed by atoms with E-state index in [0.717, 1.165) is 39.0 Å². The topological polar surface area (TPSA) is 20.2 Å². The largest absolute Gasteiger partial charge is 0.376 e. The van der Waals surface area contributed by atoms with E-state index in [2.05, 4.69) is 129 Å². The molecule has 1 nitrogen and oxygen atoms in total. The Kier molecular flexibility index (Phi) is 6.54. The van der Waals surface area contributed by atoms with Crippen LogP contribution < -0.4 is 0 Å². The Morgan fingerprint density at radius 1 is 0.625 bits per heavy atom. The number of halogens is 1. The molecule has 0 fully saturated rings. The maximum absolute atomic E-state index is 13.7. The number of allylic oxidation sites excluding steroid dienone is 3. The van der Waals surface area contributed by atoms with Gasteiger partial charge in [-0.25, -0.2) is 0 Å². The molecule has 1 N–H and O–H groups in total. The summed E-state index contributed by atoms with van der Waals surface area (Å²) in [5, 5.41) is 16.8. The van der Waals surface area contributed by atoms with Gasteiger partial charge in [0, 0.05) is 30.8 Å². The van der Waals surface area contributed by atoms with Crippen molar-refractivity contribution in [2.45, 2.75) is 17.9 Å². The molecule has 48 heavy (non-hydrogen) atoms. The average molecular weight is 655 g/mol. The fourth-order valence-corrected chi connectivity index (χ4v) is 9.85. The zero-order chi connectivity index (χ0) is 32.6. The summed E-state index contributed by atoms with van der Waals surface area (Å²) in [6, 6.07) is 47.0. The van der Waals surface area contributed by atoms with Crippen molar-refractivity contribution in [3.63, 3.8) is 0 Å². The number of thiophene rings is 1. The minimum Gasteiger partial charge on any atom is -0.376 e. The second-order valence-corrected chi connectivity index (χ2v) is 14.2. The molecule has 1 unspecified atom stereocenters. The van der Waals surface area contributed by atoms with E-state index in [4.69, 9.17) is 11.6 Å². The summed E-state index contributed by atoms with van der Waals surface area (Å²) >= 11 is 8.64. The zero-order valence-corrected chi connectivity index (χ0v) is 27.9. The fraction of sp³-hybridized carbons (Fsp3) is 0.0667. The molecule has 0 aliphatic heterocycles. The van der Waals surface area contributed by atoms with Crippen molar-refractivity contribution in [1.29, 1.82) is 0 Å². The van der Waals surface area contributed by atoms with Crippen LogP contribution in [0.5, 0.6) is 0 Å². The number of rotatable bonds is 4. The van der Waals surface area contributed by atoms with Gasteiger partial charge in [-0.3, -0.25) is 0 Å². The molecule has 0 saturated heterocycles. The smallest absolute Gasteiger partial charge is 0.141 e. The van der Waals surface area contributed by atoms with E-state index in [0.29, 0.717) is 5.02 Å². The van der Waals surface area contributed by atoms with Gasteiger partial charge in [-0.15, -0.1) is 11.3 Å². The van der Waals surface area contributed by atoms with Gasteiger partial charge in [0.1, 0.15) is 5.60 Å². The fourth-order valence-electron chi connectivity index (χ4n) is 8.54. The Bertz CT molecular complexity index is 2490. The van der Waals surface area contributed by atoms with Gasteiger partial charge in [0.25, 0.3) is 0 Å². The van der Waals surface area contributed by atoms with Gasteiger partial charge in [-0.1, -0.05) is 146 Å². The lowest BCUT2D eigenvalue weighted by Crippen LogP contribution is -2.43. The van der Waals surface area contributed by atoms with Crippen LogP contribution in [-0.2, 0) is 11.0 Å². The quantitative estimate of drug-likeness (QED) is 0.187. The van der Waals surface area contributed by atoms with Crippen molar-refractivity contribution in [2.24, 2.45) is 0 Å². The summed E-state index contributed by atoms with van der Waals surface area (Å²) in [6.45, 7) is 6.20. The second-order valence-electron chi connectivity index (χ2n) is 12.7. The molecule has 1 heterocycles. The first-order valence-electron chi connectivity index (χ1n) is 16.2. The molecule has 1 aromatic heterocycles. The standard InChI is InChI=1S/C45H31ClOS/c1-3-4-16-36-28(2)44(37-17-8-5-13-32(37)33-14-6-9-18-38(33)44)39-19-10-11-20-40(39)45(36,47)41-27-30(46)23-25-31(41)29-22-24-35-34-15-7-12-21-42(34)48-43(35)26-29/h3-27,47H,1H2,2H3/b16-4-. The molecule has 3 heteroatoms. The average Bonchev–Trinajstić information content (AvgIpc) is 3.64. The van der Waals surface area contributed by atoms with Gasteiger partial charge in [-0.2, -0.15) is 0 Å². The summed E-state index contributed by atoms with van der Waals surface area (Å²) in [6.07, 6.45) is 5.76. The number of aliphatic hydroxyl groups is 1. The molecule has 7 aromatic rings. The van der Waals surface area contributed by atoms with E-state index < -0.39 is 11.0 Å². The molecule has 6 aromatic carbocycles. The highest BCUT2D eigenvalue weighted by Crippen LogP contribution is 2.63. The molecule has 2 aliphatic rings. The second kappa shape index (κ2) is 10.8. The number of fused-ring (bicyclic) bond motifs is 10. The molecule has 1 atom stereocenters. The van der Waals surface area contributed by atoms with Gasteiger partial charge < -0.3 is 5.11 Å². The van der Waals surface area contributed by atoms with Crippen molar-refractivity contribution in [3.8, 4) is 22.3 Å². The molecule has 0 bridgehead atoms. The third-order valence-electron chi connectivity index (χ3n) is 10.5. The minimum atomic E-state index is -1.52. The first kappa shape index (κ1) is 29.2. The Hall–Kier alpha value is -4.99. The van der Waals surface area contributed by atoms with Crippen LogP contribution in [0, 0.1) is 0 Å². The van der Waals surface area contributed by atoms with Crippen molar-refractivity contribution < 1.29 is 5.11 Å². The predicted octanol–water partition coefficient (Wildman–Crippen LogP) is 12.0. The van der Waals surface area contributed by atoms with Gasteiger partial charge in [-0.05, 0) is 86.8 Å². The molecule has 0 amide bonds. The SMILES string of the molecule is C=C/C=C\C1=C(C)C2(c3ccccc3-c3ccccc32)c2ccccc2C1(O)c1cc(Cl)ccc1-c1ccc2c(c1)sc1ccccc12. The Morgan fingerprint density at radius 2 is 1.25 bits per heavy atom. The lowest BCUT2D eigenvalue weighted by molar-refractivity contribution is 0.118. The van der Waals surface area contributed by atoms with Crippen LogP contribution >= 0.6 is 22.9 Å². The van der Waals surface area contributed by atoms with Crippen LogP contribution in [0.1, 0.15) is 34.7 Å². The summed E-state index contributed by atoms with van der Waals surface area (Å²) in [4.78, 5) is 0. The molecule has 0 saturated carbocycles. The molecule has 1 spiro atoms. The zero-order valence-electron chi connectivity index (χ0n) is 26.4. The van der Waals surface area contributed by atoms with Gasteiger partial charge >= 0.3 is 0 Å². The predicted molar refractivity (Wildman–Crippen MR) is 203 cm³/mol. The van der Waals surface area contributed by atoms with Gasteiger partial charge in [0.2, 0.25) is 0 Å². The van der Waals surface area contributed by atoms with Crippen LogP contribution in [0.2, 0.25) is 5.02 Å². The van der Waals surface area contributed by atoms with Gasteiger partial charge in [0.15, 0.2) is 0 Å². The lowest BCUT2D eigenvalue weighted by atomic mass is 9.56. The first-order valence-corrected chi connectivity index (χ1v) is 17.4. The molecular weight excluding hydrogens is 624 g/mol. The number of hydrogen-bond donors (Lipinski definition) is 1. The van der Waals surface area contributed by atoms with Crippen molar-refractivity contribution in [2.75, 3.05) is 0 Å². The van der Waals surface area contributed by atoms with Crippen molar-refractivity contribution in [3.05, 3.63) is 202 Å². The maximum atomic E-state index is 13.7. The highest BCUT2D eigenvalue weighted by molar-refractivity contribution is 7.25. The first-order chi connectivity index (χ1) is 23.5. The Morgan fingerprint density at radius 3 is 1.98 bits per heavy atom. The minimum absolute atomic E-state index is 0.573. The molecule has 2 aliphatic carbocycles. The third-order valence-corrected chi connectivity index (χ3v) is 11.9. The summed E-state index contributed by atoms with van der Waals surface area (Å²) in [7, 11) is 0. The van der Waals surface area contributed by atoms with Crippen LogP contribution in [0.4, 0.5) is 0 Å². The van der Waals surface area contributed by atoms with Crippen LogP contribution in [0.3, 0.4) is 0 Å². The van der Waals surface area contributed by atoms with Crippen LogP contribution in [0.15, 0.2) is 169 Å². The van der Waals surface area contributed by atoms with Crippen LogP contribution in [-0.4, -0.2) is 5.11 Å². The van der Waals surface area contributed by atoms with Crippen LogP contribution in [0.25, 0.3) is 42.4 Å². The number of benzene rings is 6. The summed E-state index contributed by atoms with van der Waals surface area (Å²) in [5.41, 5.74) is 9.32. The summed E-state index contributed by atoms with van der Waals surface area (Å²) < 4.78 is 2.47. The molecule has 9 rings (SSSR count). The van der Waals surface area contributed by atoms with E-state index >= 15 is 0 Å². The van der Waals surface area contributed by atoms with Crippen molar-refractivity contribution in [1.82, 2.24) is 0 Å². The normalized spacial score (nSPS) is 17.6. The van der Waals surface area contributed by atoms with Gasteiger partial charge in [0.05, 0.1) is 5.41 Å². The summed E-state index contributed by atoms with van der Waals surface area (Å²) in [5.74, 6) is 0. The van der Waals surface area contributed by atoms with E-state index in [1.54, 1.807) is 17.4 Å². The Balaban J connectivity index is 1.38. The molecular formula is C45H31ClOS. The van der Waals surface area contributed by atoms with Crippen molar-refractivity contribution >= 4 is 43.1 Å². The Labute approximate surface area is 289 Å². The maximum Gasteiger partial charge on any atom is 0.141 e. The highest BCUT2D eigenvalue weighted by atomic mass is 35.5. The van der Waals surface area contributed by atoms with E-state index in [9.17, 15) is 5.11 Å². The van der Waals surface area contributed by atoms with E-state index in [-0.39, 0.29) is 0 Å². The molecule has 0 radical (unpaired) electrons. The number of hydrogen-bond acceptors (Lipinski definition) is 2. The highest BCUT2D eigenvalue weighted by Gasteiger charge is 2.55. The lowest BCUT2D eigenvalue weighted by Gasteiger charge is -2.47. The third kappa shape index (κ3) is 3.82. The monoisotopic (exact) mass is 654 g/mol. The molecule has 230 valence electrons. The van der Waals surface area contributed by atoms with E-state index in [1.807, 2.05) is 30.4 Å².